The minimum absolute atomic E-state index is 0.135. The van der Waals surface area contributed by atoms with Crippen molar-refractivity contribution < 1.29 is 22.1 Å². The van der Waals surface area contributed by atoms with Crippen molar-refractivity contribution in [3.05, 3.63) is 29.6 Å². The summed E-state index contributed by atoms with van der Waals surface area (Å²) in [5, 5.41) is 0.703. The van der Waals surface area contributed by atoms with E-state index in [1.165, 1.54) is 11.4 Å². The number of carbonyl (C=O) groups excluding carboxylic acids is 1. The SMILES string of the molecule is C=O.CCN(CC)Cc1cccc(CP(C(C)(C)C)C(C)(C)C)n1.[Cl][RuH]. The summed E-state index contributed by atoms with van der Waals surface area (Å²) in [5.74, 6) is 0. The van der Waals surface area contributed by atoms with Crippen LogP contribution in [0.15, 0.2) is 18.2 Å². The molecule has 0 radical (unpaired) electrons. The predicted molar refractivity (Wildman–Crippen MR) is 115 cm³/mol. The van der Waals surface area contributed by atoms with Gasteiger partial charge >= 0.3 is 27.0 Å². The van der Waals surface area contributed by atoms with Crippen LogP contribution in [-0.2, 0) is 34.8 Å². The van der Waals surface area contributed by atoms with Crippen LogP contribution >= 0.6 is 17.6 Å². The average Bonchev–Trinajstić information content (AvgIpc) is 2.59. The number of carbonyl (C=O) groups is 1. The maximum absolute atomic E-state index is 8.00. The molecule has 0 spiro atoms. The Morgan fingerprint density at radius 1 is 1.00 bits per heavy atom. The van der Waals surface area contributed by atoms with Crippen LogP contribution in [0, 0.1) is 0 Å². The Kier molecular flexibility index (Phi) is 15.4. The molecule has 0 aliphatic carbocycles. The van der Waals surface area contributed by atoms with Crippen molar-refractivity contribution in [3.8, 4) is 0 Å². The summed E-state index contributed by atoms with van der Waals surface area (Å²) in [6.45, 7) is 23.8. The monoisotopic (exact) mass is 490 g/mol. The fourth-order valence-electron chi connectivity index (χ4n) is 3.02. The number of rotatable bonds is 6. The zero-order chi connectivity index (χ0) is 21.0. The fourth-order valence-corrected chi connectivity index (χ4v) is 6.49. The van der Waals surface area contributed by atoms with E-state index in [4.69, 9.17) is 9.78 Å². The third-order valence-electron chi connectivity index (χ3n) is 4.08. The Labute approximate surface area is 177 Å². The molecule has 1 rings (SSSR count). The molecule has 154 valence electrons. The molecule has 0 saturated heterocycles. The van der Waals surface area contributed by atoms with Gasteiger partial charge < -0.3 is 4.79 Å². The minimum atomic E-state index is -0.135. The predicted octanol–water partition coefficient (Wildman–Crippen LogP) is 5.74. The van der Waals surface area contributed by atoms with Crippen molar-refractivity contribution in [2.24, 2.45) is 0 Å². The Morgan fingerprint density at radius 2 is 1.42 bits per heavy atom. The van der Waals surface area contributed by atoms with Crippen LogP contribution in [0.2, 0.25) is 0 Å². The first-order valence-electron chi connectivity index (χ1n) is 8.96. The first-order valence-corrected chi connectivity index (χ1v) is 12.9. The van der Waals surface area contributed by atoms with Crippen molar-refractivity contribution in [3.63, 3.8) is 0 Å². The van der Waals surface area contributed by atoms with E-state index in [0.29, 0.717) is 10.3 Å². The molecule has 0 atom stereocenters. The molecule has 0 aliphatic rings. The fraction of sp³-hybridized carbons (Fsp3) is 0.700. The molecular weight excluding hydrogens is 452 g/mol. The number of halogens is 1. The van der Waals surface area contributed by atoms with Crippen LogP contribution in [0.4, 0.5) is 0 Å². The summed E-state index contributed by atoms with van der Waals surface area (Å²) >= 11 is 1.62. The molecule has 6 heteroatoms. The molecule has 26 heavy (non-hydrogen) atoms. The quantitative estimate of drug-likeness (QED) is 0.377. The molecule has 3 nitrogen and oxygen atoms in total. The molecule has 0 saturated carbocycles. The van der Waals surface area contributed by atoms with Crippen LogP contribution < -0.4 is 0 Å². The molecule has 1 aromatic heterocycles. The summed E-state index contributed by atoms with van der Waals surface area (Å²) in [4.78, 5) is 15.4. The standard InChI is InChI=1S/C19H35N2P.CH2O.ClH.Ru.H/c1-9-21(10-2)14-16-12-11-13-17(20-16)15-22(18(3,4)5)19(6,7)8;1-2;;;/h11-13H,9-10,14-15H2,1-8H3;1H2;1H;;/q;;;+1;/p-1. The summed E-state index contributed by atoms with van der Waals surface area (Å²) in [7, 11) is 4.47. The van der Waals surface area contributed by atoms with Crippen molar-refractivity contribution in [1.82, 2.24) is 9.88 Å². The topological polar surface area (TPSA) is 33.2 Å². The normalized spacial score (nSPS) is 11.6. The summed E-state index contributed by atoms with van der Waals surface area (Å²) in [5.41, 5.74) is 2.47. The van der Waals surface area contributed by atoms with E-state index in [1.807, 2.05) is 6.79 Å². The van der Waals surface area contributed by atoms with Gasteiger partial charge in [-0.2, -0.15) is 0 Å². The van der Waals surface area contributed by atoms with Gasteiger partial charge in [0.2, 0.25) is 0 Å². The summed E-state index contributed by atoms with van der Waals surface area (Å²) < 4.78 is 0. The molecule has 0 fully saturated rings. The van der Waals surface area contributed by atoms with Gasteiger partial charge in [0.15, 0.2) is 0 Å². The van der Waals surface area contributed by atoms with Gasteiger partial charge in [-0.3, -0.25) is 9.88 Å². The first-order chi connectivity index (χ1) is 12.1. The van der Waals surface area contributed by atoms with E-state index in [2.05, 4.69) is 88.2 Å². The van der Waals surface area contributed by atoms with Gasteiger partial charge in [-0.25, -0.2) is 0 Å². The second-order valence-electron chi connectivity index (χ2n) is 8.01. The van der Waals surface area contributed by atoms with Gasteiger partial charge in [-0.15, -0.1) is 0 Å². The van der Waals surface area contributed by atoms with Crippen molar-refractivity contribution in [2.45, 2.75) is 78.4 Å². The van der Waals surface area contributed by atoms with E-state index in [-0.39, 0.29) is 7.92 Å². The van der Waals surface area contributed by atoms with E-state index >= 15 is 0 Å². The zero-order valence-corrected chi connectivity index (χ0v) is 21.3. The number of hydrogen-bond acceptors (Lipinski definition) is 3. The van der Waals surface area contributed by atoms with Crippen LogP contribution in [0.1, 0.15) is 66.8 Å². The third kappa shape index (κ3) is 11.1. The van der Waals surface area contributed by atoms with Gasteiger partial charge in [0.05, 0.1) is 5.69 Å². The summed E-state index contributed by atoms with van der Waals surface area (Å²) in [6, 6.07) is 6.55. The van der Waals surface area contributed by atoms with Crippen molar-refractivity contribution >= 4 is 24.4 Å². The summed E-state index contributed by atoms with van der Waals surface area (Å²) in [6.07, 6.45) is 1.12. The number of pyridine rings is 1. The van der Waals surface area contributed by atoms with Gasteiger partial charge in [0.1, 0.15) is 6.79 Å². The van der Waals surface area contributed by atoms with E-state index in [1.54, 1.807) is 17.3 Å². The van der Waals surface area contributed by atoms with Crippen molar-refractivity contribution in [1.29, 1.82) is 0 Å². The van der Waals surface area contributed by atoms with E-state index in [0.717, 1.165) is 25.8 Å². The number of nitrogens with zero attached hydrogens (tertiary/aromatic N) is 2. The second kappa shape index (κ2) is 14.2. The Bertz CT molecular complexity index is 471. The third-order valence-corrected chi connectivity index (χ3v) is 7.96. The first kappa shape index (κ1) is 28.3. The molecule has 0 unspecified atom stereocenters. The zero-order valence-electron chi connectivity index (χ0n) is 17.8. The van der Waals surface area contributed by atoms with Crippen molar-refractivity contribution in [2.75, 3.05) is 13.1 Å². The second-order valence-corrected chi connectivity index (χ2v) is 11.9. The number of aromatic nitrogens is 1. The molecule has 0 bridgehead atoms. The average molecular weight is 490 g/mol. The molecule has 1 aromatic rings. The van der Waals surface area contributed by atoms with Gasteiger partial charge in [-0.1, -0.05) is 69.4 Å². The molecule has 0 N–H and O–H groups in total. The van der Waals surface area contributed by atoms with Crippen LogP contribution in [-0.4, -0.2) is 40.1 Å². The van der Waals surface area contributed by atoms with Crippen LogP contribution in [0.25, 0.3) is 0 Å². The molecular formula is C20H38ClN2OPRu. The van der Waals surface area contributed by atoms with E-state index in [9.17, 15) is 0 Å². The maximum atomic E-state index is 8.00. The van der Waals surface area contributed by atoms with Crippen LogP contribution in [0.3, 0.4) is 0 Å². The molecule has 0 aromatic carbocycles. The van der Waals surface area contributed by atoms with Gasteiger partial charge in [0, 0.05) is 18.4 Å². The number of hydrogen-bond donors (Lipinski definition) is 0. The van der Waals surface area contributed by atoms with Gasteiger partial charge in [0.25, 0.3) is 0 Å². The molecule has 0 aliphatic heterocycles. The Balaban J connectivity index is 0. The molecule has 1 heterocycles. The van der Waals surface area contributed by atoms with Crippen LogP contribution in [0.5, 0.6) is 0 Å². The van der Waals surface area contributed by atoms with Gasteiger partial charge in [-0.05, 0) is 35.5 Å². The molecule has 0 amide bonds. The Hall–Kier alpha value is 0.123. The Morgan fingerprint density at radius 3 is 1.81 bits per heavy atom. The van der Waals surface area contributed by atoms with E-state index < -0.39 is 0 Å².